The largest absolute Gasteiger partial charge is 0.390 e. The first-order valence-electron chi connectivity index (χ1n) is 12.2. The number of tetrazole rings is 1. The molecule has 0 spiro atoms. The Morgan fingerprint density at radius 3 is 2.60 bits per heavy atom. The summed E-state index contributed by atoms with van der Waals surface area (Å²) in [5.74, 6) is 3.29. The lowest BCUT2D eigenvalue weighted by Gasteiger charge is -2.64. The van der Waals surface area contributed by atoms with Crippen LogP contribution in [-0.4, -0.2) is 36.7 Å². The van der Waals surface area contributed by atoms with E-state index in [1.807, 2.05) is 6.92 Å². The molecule has 4 aliphatic carbocycles. The zero-order valence-electron chi connectivity index (χ0n) is 18.9. The minimum absolute atomic E-state index is 0.119. The first kappa shape index (κ1) is 20.6. The molecule has 0 aliphatic heterocycles. The predicted octanol–water partition coefficient (Wildman–Crippen LogP) is 4.04. The molecule has 166 valence electrons. The average Bonchev–Trinajstić information content (AvgIpc) is 3.20. The van der Waals surface area contributed by atoms with Crippen LogP contribution in [0.5, 0.6) is 0 Å². The maximum Gasteiger partial charge on any atom is 0.158 e. The molecule has 30 heavy (non-hydrogen) atoms. The maximum absolute atomic E-state index is 13.3. The first-order chi connectivity index (χ1) is 14.2. The number of aliphatic hydroxyl groups is 1. The Kier molecular flexibility index (Phi) is 4.88. The molecule has 6 nitrogen and oxygen atoms in total. The minimum atomic E-state index is -0.473. The maximum atomic E-state index is 13.3. The molecule has 0 saturated heterocycles. The van der Waals surface area contributed by atoms with Crippen molar-refractivity contribution in [3.63, 3.8) is 0 Å². The molecule has 1 N–H and O–H groups in total. The van der Waals surface area contributed by atoms with E-state index in [2.05, 4.69) is 29.4 Å². The van der Waals surface area contributed by atoms with Gasteiger partial charge >= 0.3 is 0 Å². The van der Waals surface area contributed by atoms with Crippen molar-refractivity contribution in [2.24, 2.45) is 40.4 Å². The quantitative estimate of drug-likeness (QED) is 0.807. The molecule has 0 amide bonds. The number of nitrogens with zero attached hydrogens (tertiary/aromatic N) is 4. The molecule has 1 heterocycles. The van der Waals surface area contributed by atoms with Crippen LogP contribution < -0.4 is 0 Å². The van der Waals surface area contributed by atoms with Gasteiger partial charge in [-0.15, -0.1) is 5.10 Å². The fraction of sp³-hybridized carbons (Fsp3) is 0.917. The second-order valence-corrected chi connectivity index (χ2v) is 11.9. The van der Waals surface area contributed by atoms with E-state index < -0.39 is 5.60 Å². The van der Waals surface area contributed by atoms with Gasteiger partial charge in [0.15, 0.2) is 5.78 Å². The van der Waals surface area contributed by atoms with Crippen LogP contribution in [0.15, 0.2) is 6.33 Å². The molecule has 0 unspecified atom stereocenters. The monoisotopic (exact) mass is 414 g/mol. The van der Waals surface area contributed by atoms with Crippen molar-refractivity contribution in [3.05, 3.63) is 6.33 Å². The molecule has 6 heteroatoms. The highest BCUT2D eigenvalue weighted by atomic mass is 16.3. The molecule has 4 aliphatic rings. The molecule has 0 bridgehead atoms. The van der Waals surface area contributed by atoms with E-state index in [4.69, 9.17) is 0 Å². The van der Waals surface area contributed by atoms with Gasteiger partial charge in [-0.05, 0) is 110 Å². The number of Topliss-reactive ketones (excluding diaryl/α,β-unsaturated/α-hetero) is 1. The summed E-state index contributed by atoms with van der Waals surface area (Å²) in [5, 5.41) is 22.0. The van der Waals surface area contributed by atoms with Crippen LogP contribution in [0.25, 0.3) is 0 Å². The van der Waals surface area contributed by atoms with E-state index in [-0.39, 0.29) is 11.3 Å². The summed E-state index contributed by atoms with van der Waals surface area (Å²) < 4.78 is 1.58. The lowest BCUT2D eigenvalue weighted by atomic mass is 9.41. The Bertz CT molecular complexity index is 793. The van der Waals surface area contributed by atoms with Gasteiger partial charge in [-0.2, -0.15) is 0 Å². The van der Waals surface area contributed by atoms with Crippen LogP contribution in [0.3, 0.4) is 0 Å². The molecule has 4 saturated carbocycles. The molecular weight excluding hydrogens is 376 g/mol. The van der Waals surface area contributed by atoms with Crippen LogP contribution in [0.1, 0.15) is 85.0 Å². The van der Waals surface area contributed by atoms with E-state index in [0.29, 0.717) is 29.6 Å². The normalized spacial score (nSPS) is 48.3. The van der Waals surface area contributed by atoms with Gasteiger partial charge in [-0.25, -0.2) is 4.68 Å². The van der Waals surface area contributed by atoms with Gasteiger partial charge in [-0.1, -0.05) is 20.3 Å². The molecular formula is C24H38N4O2. The number of ketones is 1. The minimum Gasteiger partial charge on any atom is -0.390 e. The summed E-state index contributed by atoms with van der Waals surface area (Å²) in [5.41, 5.74) is 0.0163. The summed E-state index contributed by atoms with van der Waals surface area (Å²) in [4.78, 5) is 13.3. The number of rotatable bonds is 3. The van der Waals surface area contributed by atoms with Crippen molar-refractivity contribution in [1.29, 1.82) is 0 Å². The van der Waals surface area contributed by atoms with Crippen LogP contribution in [0, 0.1) is 40.4 Å². The first-order valence-corrected chi connectivity index (χ1v) is 12.2. The Labute approximate surface area is 180 Å². The Balaban J connectivity index is 1.38. The van der Waals surface area contributed by atoms with Crippen molar-refractivity contribution < 1.29 is 9.90 Å². The highest BCUT2D eigenvalue weighted by molar-refractivity contribution is 5.81. The number of carbonyl (C=O) groups is 1. The summed E-state index contributed by atoms with van der Waals surface area (Å²) in [7, 11) is 0. The second kappa shape index (κ2) is 7.11. The molecule has 1 aromatic rings. The van der Waals surface area contributed by atoms with Gasteiger partial charge in [0.2, 0.25) is 0 Å². The van der Waals surface area contributed by atoms with E-state index in [0.717, 1.165) is 37.5 Å². The summed E-state index contributed by atoms with van der Waals surface area (Å²) in [6.45, 7) is 7.31. The summed E-state index contributed by atoms with van der Waals surface area (Å²) >= 11 is 0. The Morgan fingerprint density at radius 2 is 1.83 bits per heavy atom. The lowest BCUT2D eigenvalue weighted by Crippen LogP contribution is -2.58. The fourth-order valence-corrected chi connectivity index (χ4v) is 8.68. The predicted molar refractivity (Wildman–Crippen MR) is 113 cm³/mol. The number of hydrogen-bond acceptors (Lipinski definition) is 5. The van der Waals surface area contributed by atoms with Crippen molar-refractivity contribution in [2.75, 3.05) is 0 Å². The number of carbonyl (C=O) groups excluding carboxylic acids is 1. The third-order valence-corrected chi connectivity index (χ3v) is 10.3. The molecule has 0 radical (unpaired) electrons. The topological polar surface area (TPSA) is 80.9 Å². The molecule has 5 rings (SSSR count). The summed E-state index contributed by atoms with van der Waals surface area (Å²) in [6, 6.07) is 0. The highest BCUT2D eigenvalue weighted by Gasteiger charge is 2.60. The van der Waals surface area contributed by atoms with Crippen LogP contribution >= 0.6 is 0 Å². The fourth-order valence-electron chi connectivity index (χ4n) is 8.68. The Morgan fingerprint density at radius 1 is 1.03 bits per heavy atom. The standard InChI is InChI=1S/C24H38N4O2/c1-22(30)11-12-23(2)16(13-22)7-8-17-18-5-4-6-20(24(18,3)10-9-19(17)23)21(29)14-28-15-25-26-27-28/h15-20,30H,4-14H2,1-3H3/t16-,17-,18-,19-,20+,22+,23-,24-/m0/s1. The zero-order valence-corrected chi connectivity index (χ0v) is 18.9. The average molecular weight is 415 g/mol. The number of fused-ring (bicyclic) bond motifs is 5. The van der Waals surface area contributed by atoms with Crippen LogP contribution in [-0.2, 0) is 11.3 Å². The molecule has 0 aromatic carbocycles. The van der Waals surface area contributed by atoms with E-state index in [1.165, 1.54) is 38.5 Å². The zero-order chi connectivity index (χ0) is 21.1. The van der Waals surface area contributed by atoms with Crippen LogP contribution in [0.4, 0.5) is 0 Å². The van der Waals surface area contributed by atoms with Crippen molar-refractivity contribution in [3.8, 4) is 0 Å². The van der Waals surface area contributed by atoms with E-state index >= 15 is 0 Å². The van der Waals surface area contributed by atoms with Crippen molar-refractivity contribution in [1.82, 2.24) is 20.2 Å². The van der Waals surface area contributed by atoms with Gasteiger partial charge in [0.05, 0.1) is 5.60 Å². The van der Waals surface area contributed by atoms with Gasteiger partial charge in [0.1, 0.15) is 12.9 Å². The molecule has 4 fully saturated rings. The highest BCUT2D eigenvalue weighted by Crippen LogP contribution is 2.67. The molecule has 1 aromatic heterocycles. The second-order valence-electron chi connectivity index (χ2n) is 11.9. The Hall–Kier alpha value is -1.30. The lowest BCUT2D eigenvalue weighted by molar-refractivity contribution is -0.169. The van der Waals surface area contributed by atoms with E-state index in [9.17, 15) is 9.90 Å². The van der Waals surface area contributed by atoms with Crippen LogP contribution in [0.2, 0.25) is 0 Å². The number of hydrogen-bond donors (Lipinski definition) is 1. The van der Waals surface area contributed by atoms with Gasteiger partial charge in [-0.3, -0.25) is 4.79 Å². The smallest absolute Gasteiger partial charge is 0.158 e. The number of aromatic nitrogens is 4. The summed E-state index contributed by atoms with van der Waals surface area (Å²) in [6.07, 6.45) is 13.1. The third kappa shape index (κ3) is 3.16. The third-order valence-electron chi connectivity index (χ3n) is 10.3. The SMILES string of the molecule is C[C@@]1(O)CC[C@@]2(C)[C@@H](CC[C@@H]3[C@@H]2CC[C@]2(C)[C@@H](C(=O)Cn4cnnn4)CCC[C@@H]32)C1. The van der Waals surface area contributed by atoms with Crippen molar-refractivity contribution in [2.45, 2.75) is 97.1 Å². The van der Waals surface area contributed by atoms with Crippen molar-refractivity contribution >= 4 is 5.78 Å². The van der Waals surface area contributed by atoms with Gasteiger partial charge < -0.3 is 5.11 Å². The van der Waals surface area contributed by atoms with Gasteiger partial charge in [0, 0.05) is 5.92 Å². The van der Waals surface area contributed by atoms with Gasteiger partial charge in [0.25, 0.3) is 0 Å². The van der Waals surface area contributed by atoms with E-state index in [1.54, 1.807) is 11.0 Å². The molecule has 8 atom stereocenters.